The van der Waals surface area contributed by atoms with E-state index in [2.05, 4.69) is 17.4 Å². The van der Waals surface area contributed by atoms with E-state index in [0.29, 0.717) is 31.3 Å². The van der Waals surface area contributed by atoms with Gasteiger partial charge in [-0.25, -0.2) is 4.79 Å². The molecule has 3 unspecified atom stereocenters. The lowest BCUT2D eigenvalue weighted by atomic mass is 9.98. The van der Waals surface area contributed by atoms with Crippen LogP contribution >= 0.6 is 12.4 Å². The second kappa shape index (κ2) is 8.48. The molecule has 1 saturated carbocycles. The fourth-order valence-corrected chi connectivity index (χ4v) is 4.73. The Morgan fingerprint density at radius 2 is 1.89 bits per heavy atom. The Hall–Kier alpha value is -1.79. The van der Waals surface area contributed by atoms with Gasteiger partial charge in [0.15, 0.2) is 0 Å². The number of nitrogens with one attached hydrogen (secondary N) is 1. The highest BCUT2D eigenvalue weighted by Gasteiger charge is 2.42. The third-order valence-corrected chi connectivity index (χ3v) is 6.30. The van der Waals surface area contributed by atoms with Crippen LogP contribution in [0.15, 0.2) is 24.3 Å². The molecule has 1 aromatic carbocycles. The summed E-state index contributed by atoms with van der Waals surface area (Å²) < 4.78 is 0. The van der Waals surface area contributed by atoms with Crippen LogP contribution in [0.4, 0.5) is 4.79 Å². The van der Waals surface area contributed by atoms with E-state index in [0.717, 1.165) is 38.9 Å². The average Bonchev–Trinajstić information content (AvgIpc) is 3.23. The van der Waals surface area contributed by atoms with Crippen LogP contribution in [-0.2, 0) is 17.8 Å². The molecular formula is C20H29ClN4O2. The summed E-state index contributed by atoms with van der Waals surface area (Å²) in [6.07, 6.45) is 3.49. The van der Waals surface area contributed by atoms with Gasteiger partial charge in [-0.1, -0.05) is 24.3 Å². The minimum atomic E-state index is -0.0763. The SMILES string of the molecule is Cl.NC1CCC2CN(C(=O)CCNC(=O)N3CCc4ccccc4C3)CC12. The van der Waals surface area contributed by atoms with Gasteiger partial charge in [-0.2, -0.15) is 0 Å². The zero-order valence-electron chi connectivity index (χ0n) is 15.6. The van der Waals surface area contributed by atoms with Crippen LogP contribution in [0.25, 0.3) is 0 Å². The molecule has 2 heterocycles. The smallest absolute Gasteiger partial charge is 0.317 e. The molecule has 1 saturated heterocycles. The van der Waals surface area contributed by atoms with Crippen LogP contribution in [-0.4, -0.2) is 54.0 Å². The maximum Gasteiger partial charge on any atom is 0.317 e. The minimum Gasteiger partial charge on any atom is -0.342 e. The Bertz CT molecular complexity index is 698. The number of rotatable bonds is 3. The molecule has 3 aliphatic rings. The monoisotopic (exact) mass is 392 g/mol. The van der Waals surface area contributed by atoms with Crippen molar-refractivity contribution in [1.29, 1.82) is 0 Å². The van der Waals surface area contributed by atoms with Gasteiger partial charge in [0.2, 0.25) is 5.91 Å². The number of halogens is 1. The molecule has 1 aromatic rings. The van der Waals surface area contributed by atoms with E-state index < -0.39 is 0 Å². The molecule has 7 heteroatoms. The zero-order chi connectivity index (χ0) is 18.1. The molecule has 0 aromatic heterocycles. The number of carbonyl (C=O) groups is 2. The van der Waals surface area contributed by atoms with Gasteiger partial charge in [-0.05, 0) is 42.2 Å². The van der Waals surface area contributed by atoms with Gasteiger partial charge < -0.3 is 20.9 Å². The van der Waals surface area contributed by atoms with Gasteiger partial charge in [0, 0.05) is 45.2 Å². The second-order valence-electron chi connectivity index (χ2n) is 7.89. The van der Waals surface area contributed by atoms with Gasteiger partial charge in [-0.15, -0.1) is 12.4 Å². The lowest BCUT2D eigenvalue weighted by molar-refractivity contribution is -0.130. The number of carbonyl (C=O) groups excluding carboxylic acids is 2. The van der Waals surface area contributed by atoms with Crippen molar-refractivity contribution >= 4 is 24.3 Å². The number of benzene rings is 1. The molecule has 2 aliphatic heterocycles. The molecule has 3 atom stereocenters. The number of nitrogens with zero attached hydrogens (tertiary/aromatic N) is 2. The minimum absolute atomic E-state index is 0. The van der Waals surface area contributed by atoms with Crippen molar-refractivity contribution in [2.45, 2.75) is 38.3 Å². The summed E-state index contributed by atoms with van der Waals surface area (Å²) in [5.74, 6) is 1.19. The molecule has 27 heavy (non-hydrogen) atoms. The Balaban J connectivity index is 0.00000210. The van der Waals surface area contributed by atoms with Crippen molar-refractivity contribution in [1.82, 2.24) is 15.1 Å². The number of hydrogen-bond acceptors (Lipinski definition) is 3. The van der Waals surface area contributed by atoms with Crippen LogP contribution in [0.1, 0.15) is 30.4 Å². The predicted octanol–water partition coefficient (Wildman–Crippen LogP) is 1.76. The highest BCUT2D eigenvalue weighted by Crippen LogP contribution is 2.37. The highest BCUT2D eigenvalue weighted by molar-refractivity contribution is 5.85. The van der Waals surface area contributed by atoms with E-state index in [1.807, 2.05) is 21.9 Å². The van der Waals surface area contributed by atoms with Gasteiger partial charge in [0.25, 0.3) is 0 Å². The van der Waals surface area contributed by atoms with Gasteiger partial charge in [-0.3, -0.25) is 4.79 Å². The van der Waals surface area contributed by atoms with Crippen LogP contribution in [0.5, 0.6) is 0 Å². The first-order valence-electron chi connectivity index (χ1n) is 9.74. The molecule has 0 bridgehead atoms. The van der Waals surface area contributed by atoms with Crippen molar-refractivity contribution in [2.75, 3.05) is 26.2 Å². The van der Waals surface area contributed by atoms with E-state index in [-0.39, 0.29) is 30.4 Å². The third-order valence-electron chi connectivity index (χ3n) is 6.30. The summed E-state index contributed by atoms with van der Waals surface area (Å²) in [6, 6.07) is 8.43. The van der Waals surface area contributed by atoms with Crippen molar-refractivity contribution in [3.63, 3.8) is 0 Å². The maximum absolute atomic E-state index is 12.4. The molecule has 1 aliphatic carbocycles. The summed E-state index contributed by atoms with van der Waals surface area (Å²) in [4.78, 5) is 28.6. The first-order chi connectivity index (χ1) is 12.6. The first kappa shape index (κ1) is 20.0. The fourth-order valence-electron chi connectivity index (χ4n) is 4.73. The largest absolute Gasteiger partial charge is 0.342 e. The Morgan fingerprint density at radius 3 is 2.67 bits per heavy atom. The van der Waals surface area contributed by atoms with Gasteiger partial charge in [0.05, 0.1) is 0 Å². The van der Waals surface area contributed by atoms with Crippen molar-refractivity contribution in [3.8, 4) is 0 Å². The average molecular weight is 393 g/mol. The highest BCUT2D eigenvalue weighted by atomic mass is 35.5. The standard InChI is InChI=1S/C20H28N4O2.ClH/c21-18-6-5-16-12-24(13-17(16)18)19(25)7-9-22-20(26)23-10-8-14-3-1-2-4-15(14)11-23;/h1-4,16-18H,5-13,21H2,(H,22,26);1H. The normalized spacial score (nSPS) is 26.2. The molecule has 3 N–H and O–H groups in total. The van der Waals surface area contributed by atoms with E-state index >= 15 is 0 Å². The first-order valence-corrected chi connectivity index (χ1v) is 9.74. The van der Waals surface area contributed by atoms with Crippen LogP contribution in [0.3, 0.4) is 0 Å². The predicted molar refractivity (Wildman–Crippen MR) is 107 cm³/mol. The lowest BCUT2D eigenvalue weighted by Crippen LogP contribution is -2.44. The summed E-state index contributed by atoms with van der Waals surface area (Å²) in [5, 5.41) is 2.91. The number of amides is 3. The van der Waals surface area contributed by atoms with Crippen molar-refractivity contribution in [3.05, 3.63) is 35.4 Å². The fraction of sp³-hybridized carbons (Fsp3) is 0.600. The number of likely N-dealkylation sites (tertiary alicyclic amines) is 1. The number of urea groups is 1. The summed E-state index contributed by atoms with van der Waals surface area (Å²) >= 11 is 0. The zero-order valence-corrected chi connectivity index (χ0v) is 16.4. The van der Waals surface area contributed by atoms with Crippen LogP contribution < -0.4 is 11.1 Å². The second-order valence-corrected chi connectivity index (χ2v) is 7.89. The number of hydrogen-bond donors (Lipinski definition) is 2. The third kappa shape index (κ3) is 4.22. The molecule has 4 rings (SSSR count). The van der Waals surface area contributed by atoms with E-state index in [9.17, 15) is 9.59 Å². The van der Waals surface area contributed by atoms with Crippen LogP contribution in [0.2, 0.25) is 0 Å². The molecule has 6 nitrogen and oxygen atoms in total. The number of nitrogens with two attached hydrogens (primary N) is 1. The topological polar surface area (TPSA) is 78.7 Å². The summed E-state index contributed by atoms with van der Waals surface area (Å²) in [6.45, 7) is 3.40. The quantitative estimate of drug-likeness (QED) is 0.822. The van der Waals surface area contributed by atoms with E-state index in [1.165, 1.54) is 11.1 Å². The summed E-state index contributed by atoms with van der Waals surface area (Å²) in [5.41, 5.74) is 8.67. The molecule has 2 fully saturated rings. The summed E-state index contributed by atoms with van der Waals surface area (Å²) in [7, 11) is 0. The maximum atomic E-state index is 12.4. The van der Waals surface area contributed by atoms with Gasteiger partial charge in [0.1, 0.15) is 0 Å². The van der Waals surface area contributed by atoms with E-state index in [4.69, 9.17) is 5.73 Å². The van der Waals surface area contributed by atoms with Crippen molar-refractivity contribution < 1.29 is 9.59 Å². The Labute approximate surface area is 166 Å². The van der Waals surface area contributed by atoms with Crippen molar-refractivity contribution in [2.24, 2.45) is 17.6 Å². The molecule has 0 radical (unpaired) electrons. The Kier molecular flexibility index (Phi) is 6.27. The molecule has 0 spiro atoms. The Morgan fingerprint density at radius 1 is 1.11 bits per heavy atom. The molecular weight excluding hydrogens is 364 g/mol. The van der Waals surface area contributed by atoms with Gasteiger partial charge >= 0.3 is 6.03 Å². The van der Waals surface area contributed by atoms with E-state index in [1.54, 1.807) is 0 Å². The molecule has 3 amide bonds. The molecule has 148 valence electrons. The number of fused-ring (bicyclic) bond motifs is 2. The van der Waals surface area contributed by atoms with Crippen LogP contribution in [0, 0.1) is 11.8 Å². The lowest BCUT2D eigenvalue weighted by Gasteiger charge is -2.29.